The van der Waals surface area contributed by atoms with E-state index in [-0.39, 0.29) is 0 Å². The molecule has 0 aliphatic heterocycles. The van der Waals surface area contributed by atoms with Gasteiger partial charge < -0.3 is 10.2 Å². The highest BCUT2D eigenvalue weighted by atomic mass is 79.9. The van der Waals surface area contributed by atoms with E-state index in [2.05, 4.69) is 44.5 Å². The number of unbranched alkanes of at least 4 members (excludes halogenated alkanes) is 1. The summed E-state index contributed by atoms with van der Waals surface area (Å²) in [4.78, 5) is 2.07. The van der Waals surface area contributed by atoms with Crippen LogP contribution in [-0.4, -0.2) is 23.6 Å². The molecule has 1 aromatic heterocycles. The largest absolute Gasteiger partial charge is 0.363 e. The summed E-state index contributed by atoms with van der Waals surface area (Å²) in [6.45, 7) is 4.00. The third-order valence-corrected chi connectivity index (χ3v) is 4.20. The Balaban J connectivity index is 2.34. The second-order valence-electron chi connectivity index (χ2n) is 3.70. The lowest BCUT2D eigenvalue weighted by Crippen LogP contribution is -2.36. The predicted octanol–water partition coefficient (Wildman–Crippen LogP) is 3.62. The molecule has 0 atom stereocenters. The molecule has 0 spiro atoms. The van der Waals surface area contributed by atoms with Gasteiger partial charge in [-0.05, 0) is 51.6 Å². The van der Waals surface area contributed by atoms with Gasteiger partial charge in [0.25, 0.3) is 0 Å². The number of thiocarbonyl (C=S) groups is 1. The fourth-order valence-electron chi connectivity index (χ4n) is 1.28. The average molecular weight is 321 g/mol. The van der Waals surface area contributed by atoms with Crippen LogP contribution in [0.1, 0.15) is 25.3 Å². The molecule has 1 rings (SSSR count). The molecule has 1 heterocycles. The Morgan fingerprint density at radius 3 is 2.94 bits per heavy atom. The average Bonchev–Trinajstić information content (AvgIpc) is 2.64. The molecule has 0 unspecified atom stereocenters. The molecule has 0 aliphatic rings. The van der Waals surface area contributed by atoms with Gasteiger partial charge in [-0.25, -0.2) is 0 Å². The van der Waals surface area contributed by atoms with Gasteiger partial charge in [0.2, 0.25) is 0 Å². The Bertz CT molecular complexity index is 338. The molecule has 1 N–H and O–H groups in total. The van der Waals surface area contributed by atoms with E-state index < -0.39 is 0 Å². The van der Waals surface area contributed by atoms with Crippen molar-refractivity contribution in [2.45, 2.75) is 26.3 Å². The SMILES string of the molecule is CCCCNC(=S)N(C)Cc1csc(Br)c1. The normalized spacial score (nSPS) is 10.2. The summed E-state index contributed by atoms with van der Waals surface area (Å²) < 4.78 is 1.17. The van der Waals surface area contributed by atoms with E-state index in [4.69, 9.17) is 12.2 Å². The van der Waals surface area contributed by atoms with Crippen molar-refractivity contribution in [3.63, 3.8) is 0 Å². The van der Waals surface area contributed by atoms with Crippen molar-refractivity contribution in [3.05, 3.63) is 20.8 Å². The molecule has 0 fully saturated rings. The van der Waals surface area contributed by atoms with Gasteiger partial charge in [0, 0.05) is 20.1 Å². The molecule has 2 nitrogen and oxygen atoms in total. The predicted molar refractivity (Wildman–Crippen MR) is 79.0 cm³/mol. The Labute approximate surface area is 115 Å². The summed E-state index contributed by atoms with van der Waals surface area (Å²) in [5.74, 6) is 0. The van der Waals surface area contributed by atoms with Crippen molar-refractivity contribution >= 4 is 44.6 Å². The van der Waals surface area contributed by atoms with E-state index in [1.165, 1.54) is 15.8 Å². The van der Waals surface area contributed by atoms with Crippen LogP contribution in [0.2, 0.25) is 0 Å². The fraction of sp³-hybridized carbons (Fsp3) is 0.545. The molecule has 0 saturated heterocycles. The minimum absolute atomic E-state index is 0.829. The fourth-order valence-corrected chi connectivity index (χ4v) is 2.65. The van der Waals surface area contributed by atoms with E-state index >= 15 is 0 Å². The van der Waals surface area contributed by atoms with Crippen LogP contribution in [0.4, 0.5) is 0 Å². The zero-order valence-electron chi connectivity index (χ0n) is 9.62. The van der Waals surface area contributed by atoms with Crippen LogP contribution >= 0.6 is 39.5 Å². The molecule has 90 valence electrons. The van der Waals surface area contributed by atoms with Gasteiger partial charge in [-0.15, -0.1) is 11.3 Å². The summed E-state index contributed by atoms with van der Waals surface area (Å²) in [6.07, 6.45) is 2.36. The van der Waals surface area contributed by atoms with Crippen LogP contribution in [0.25, 0.3) is 0 Å². The van der Waals surface area contributed by atoms with E-state index in [9.17, 15) is 0 Å². The van der Waals surface area contributed by atoms with Gasteiger partial charge in [-0.2, -0.15) is 0 Å². The highest BCUT2D eigenvalue weighted by molar-refractivity contribution is 9.11. The van der Waals surface area contributed by atoms with E-state index in [1.807, 2.05) is 7.05 Å². The van der Waals surface area contributed by atoms with E-state index in [0.717, 1.165) is 24.6 Å². The number of hydrogen-bond acceptors (Lipinski definition) is 2. The number of thiophene rings is 1. The Morgan fingerprint density at radius 1 is 1.62 bits per heavy atom. The zero-order chi connectivity index (χ0) is 12.0. The first kappa shape index (κ1) is 13.9. The number of rotatable bonds is 5. The van der Waals surface area contributed by atoms with Crippen LogP contribution in [0.3, 0.4) is 0 Å². The Hall–Kier alpha value is -0.130. The maximum absolute atomic E-state index is 5.30. The first-order valence-electron chi connectivity index (χ1n) is 5.35. The molecule has 5 heteroatoms. The Kier molecular flexibility index (Phi) is 6.31. The number of nitrogens with zero attached hydrogens (tertiary/aromatic N) is 1. The van der Waals surface area contributed by atoms with Crippen molar-refractivity contribution in [2.75, 3.05) is 13.6 Å². The topological polar surface area (TPSA) is 15.3 Å². The van der Waals surface area contributed by atoms with Gasteiger partial charge in [0.15, 0.2) is 5.11 Å². The van der Waals surface area contributed by atoms with Gasteiger partial charge in [-0.1, -0.05) is 13.3 Å². The lowest BCUT2D eigenvalue weighted by molar-refractivity contribution is 0.488. The second-order valence-corrected chi connectivity index (χ2v) is 6.38. The third-order valence-electron chi connectivity index (χ3n) is 2.19. The minimum atomic E-state index is 0.829. The lowest BCUT2D eigenvalue weighted by atomic mass is 10.3. The number of hydrogen-bond donors (Lipinski definition) is 1. The van der Waals surface area contributed by atoms with Gasteiger partial charge in [0.05, 0.1) is 3.79 Å². The van der Waals surface area contributed by atoms with E-state index in [0.29, 0.717) is 0 Å². The van der Waals surface area contributed by atoms with Crippen molar-refractivity contribution in [1.29, 1.82) is 0 Å². The first-order valence-corrected chi connectivity index (χ1v) is 7.43. The molecule has 0 aliphatic carbocycles. The number of halogens is 1. The zero-order valence-corrected chi connectivity index (χ0v) is 12.8. The molecule has 0 bridgehead atoms. The highest BCUT2D eigenvalue weighted by Gasteiger charge is 2.05. The second kappa shape index (κ2) is 7.25. The minimum Gasteiger partial charge on any atom is -0.363 e. The maximum Gasteiger partial charge on any atom is 0.168 e. The molecule has 0 amide bonds. The Morgan fingerprint density at radius 2 is 2.38 bits per heavy atom. The van der Waals surface area contributed by atoms with Crippen molar-refractivity contribution in [2.24, 2.45) is 0 Å². The van der Waals surface area contributed by atoms with Crippen LogP contribution < -0.4 is 5.32 Å². The highest BCUT2D eigenvalue weighted by Crippen LogP contribution is 2.21. The van der Waals surface area contributed by atoms with Crippen LogP contribution in [0.15, 0.2) is 15.2 Å². The summed E-state index contributed by atoms with van der Waals surface area (Å²) in [5, 5.41) is 6.24. The first-order chi connectivity index (χ1) is 7.63. The quantitative estimate of drug-likeness (QED) is 0.659. The smallest absolute Gasteiger partial charge is 0.168 e. The number of nitrogens with one attached hydrogen (secondary N) is 1. The van der Waals surface area contributed by atoms with Crippen molar-refractivity contribution < 1.29 is 0 Å². The van der Waals surface area contributed by atoms with Gasteiger partial charge in [-0.3, -0.25) is 0 Å². The van der Waals surface area contributed by atoms with Crippen LogP contribution in [0, 0.1) is 0 Å². The molecule has 0 saturated carbocycles. The third kappa shape index (κ3) is 4.80. The summed E-state index contributed by atoms with van der Waals surface area (Å²) >= 11 is 10.5. The van der Waals surface area contributed by atoms with Crippen molar-refractivity contribution in [3.8, 4) is 0 Å². The van der Waals surface area contributed by atoms with Crippen LogP contribution in [0.5, 0.6) is 0 Å². The molecule has 1 aromatic rings. The molecule has 0 radical (unpaired) electrons. The van der Waals surface area contributed by atoms with Crippen molar-refractivity contribution in [1.82, 2.24) is 10.2 Å². The summed E-state index contributed by atoms with van der Waals surface area (Å²) in [5.41, 5.74) is 1.29. The van der Waals surface area contributed by atoms with E-state index in [1.54, 1.807) is 11.3 Å². The lowest BCUT2D eigenvalue weighted by Gasteiger charge is -2.20. The molecule has 0 aromatic carbocycles. The summed E-state index contributed by atoms with van der Waals surface area (Å²) in [6, 6.07) is 2.13. The molecular weight excluding hydrogens is 304 g/mol. The maximum atomic E-state index is 5.30. The molecular formula is C11H17BrN2S2. The standard InChI is InChI=1S/C11H17BrN2S2/c1-3-4-5-13-11(15)14(2)7-9-6-10(12)16-8-9/h6,8H,3-5,7H2,1-2H3,(H,13,15). The van der Waals surface area contributed by atoms with Gasteiger partial charge in [0.1, 0.15) is 0 Å². The molecule has 16 heavy (non-hydrogen) atoms. The monoisotopic (exact) mass is 320 g/mol. The summed E-state index contributed by atoms with van der Waals surface area (Å²) in [7, 11) is 2.02. The van der Waals surface area contributed by atoms with Gasteiger partial charge >= 0.3 is 0 Å². The van der Waals surface area contributed by atoms with Crippen LogP contribution in [-0.2, 0) is 6.54 Å².